The van der Waals surface area contributed by atoms with E-state index in [1.165, 1.54) is 16.7 Å². The second-order valence-corrected chi connectivity index (χ2v) is 8.43. The van der Waals surface area contributed by atoms with Crippen molar-refractivity contribution in [1.29, 1.82) is 0 Å². The van der Waals surface area contributed by atoms with Crippen LogP contribution in [0.1, 0.15) is 18.1 Å². The van der Waals surface area contributed by atoms with Gasteiger partial charge in [0.05, 0.1) is 6.42 Å². The minimum absolute atomic E-state index is 0.0227. The zero-order valence-electron chi connectivity index (χ0n) is 14.9. The van der Waals surface area contributed by atoms with Crippen LogP contribution >= 0.6 is 23.5 Å². The van der Waals surface area contributed by atoms with Crippen LogP contribution in [0.5, 0.6) is 5.75 Å². The zero-order valence-corrected chi connectivity index (χ0v) is 16.5. The molecule has 1 saturated heterocycles. The van der Waals surface area contributed by atoms with Crippen molar-refractivity contribution in [2.24, 2.45) is 0 Å². The number of carboxylic acids is 1. The molecule has 0 spiro atoms. The fourth-order valence-corrected chi connectivity index (χ4v) is 5.04. The van der Waals surface area contributed by atoms with Crippen LogP contribution in [0.15, 0.2) is 29.5 Å². The number of fused-ring (bicyclic) bond motifs is 1. The Kier molecular flexibility index (Phi) is 5.71. The van der Waals surface area contributed by atoms with E-state index in [0.29, 0.717) is 17.1 Å². The Morgan fingerprint density at radius 1 is 1.41 bits per heavy atom. The van der Waals surface area contributed by atoms with E-state index in [4.69, 9.17) is 0 Å². The molecule has 0 bridgehead atoms. The number of carbonyl (C=O) groups excluding carboxylic acids is 2. The molecule has 7 nitrogen and oxygen atoms in total. The molecule has 9 heteroatoms. The van der Waals surface area contributed by atoms with Crippen LogP contribution in [0.2, 0.25) is 0 Å². The van der Waals surface area contributed by atoms with E-state index in [2.05, 4.69) is 5.32 Å². The normalized spacial score (nSPS) is 21.6. The number of aliphatic carboxylic acids is 1. The van der Waals surface area contributed by atoms with Crippen molar-refractivity contribution in [2.45, 2.75) is 30.5 Å². The van der Waals surface area contributed by atoms with Gasteiger partial charge in [-0.1, -0.05) is 12.1 Å². The third-order valence-electron chi connectivity index (χ3n) is 4.49. The third-order valence-corrected chi connectivity index (χ3v) is 6.51. The Hall–Kier alpha value is -2.13. The maximum Gasteiger partial charge on any atom is 0.352 e. The molecule has 2 unspecified atom stereocenters. The lowest BCUT2D eigenvalue weighted by Gasteiger charge is -2.49. The van der Waals surface area contributed by atoms with Crippen molar-refractivity contribution in [1.82, 2.24) is 10.2 Å². The zero-order chi connectivity index (χ0) is 19.7. The molecular formula is C18H20N2O5S2. The number of thioether (sulfide) groups is 2. The molecule has 2 aliphatic heterocycles. The molecule has 0 radical (unpaired) electrons. The van der Waals surface area contributed by atoms with Gasteiger partial charge in [-0.05, 0) is 30.4 Å². The van der Waals surface area contributed by atoms with Crippen molar-refractivity contribution in [2.75, 3.05) is 12.0 Å². The van der Waals surface area contributed by atoms with E-state index in [-0.39, 0.29) is 29.1 Å². The Morgan fingerprint density at radius 2 is 2.15 bits per heavy atom. The summed E-state index contributed by atoms with van der Waals surface area (Å²) in [5, 5.41) is 21.5. The van der Waals surface area contributed by atoms with Gasteiger partial charge in [-0.15, -0.1) is 11.8 Å². The van der Waals surface area contributed by atoms with Gasteiger partial charge < -0.3 is 15.5 Å². The fraction of sp³-hybridized carbons (Fsp3) is 0.389. The molecule has 3 rings (SSSR count). The standard InChI is InChI=1S/C18H20N2O5S2/c1-9-7-27-17-14(16(23)20(17)15(9)18(24)25)19-13(22)6-10-3-4-12(21)11(5-10)8-26-2/h3-5,14,17,21H,6-8H2,1-2H3,(H,19,22)(H,24,25). The summed E-state index contributed by atoms with van der Waals surface area (Å²) in [6, 6.07) is 4.31. The number of phenolic OH excluding ortho intramolecular Hbond substituents is 1. The summed E-state index contributed by atoms with van der Waals surface area (Å²) in [6.07, 6.45) is 2.01. The largest absolute Gasteiger partial charge is 0.508 e. The molecule has 27 heavy (non-hydrogen) atoms. The summed E-state index contributed by atoms with van der Waals surface area (Å²) in [5.74, 6) is -0.483. The highest BCUT2D eigenvalue weighted by atomic mass is 32.2. The second-order valence-electron chi connectivity index (χ2n) is 6.46. The number of hydrogen-bond donors (Lipinski definition) is 3. The Labute approximate surface area is 165 Å². The quantitative estimate of drug-likeness (QED) is 0.613. The van der Waals surface area contributed by atoms with Gasteiger partial charge in [0, 0.05) is 17.1 Å². The summed E-state index contributed by atoms with van der Waals surface area (Å²) in [5.41, 5.74) is 2.17. The topological polar surface area (TPSA) is 107 Å². The Morgan fingerprint density at radius 3 is 2.81 bits per heavy atom. The van der Waals surface area contributed by atoms with Crippen molar-refractivity contribution in [3.05, 3.63) is 40.6 Å². The monoisotopic (exact) mass is 408 g/mol. The minimum Gasteiger partial charge on any atom is -0.508 e. The molecule has 2 atom stereocenters. The summed E-state index contributed by atoms with van der Waals surface area (Å²) in [6.45, 7) is 1.70. The van der Waals surface area contributed by atoms with Crippen LogP contribution in [-0.2, 0) is 26.6 Å². The lowest BCUT2D eigenvalue weighted by molar-refractivity contribution is -0.150. The van der Waals surface area contributed by atoms with E-state index in [0.717, 1.165) is 11.1 Å². The van der Waals surface area contributed by atoms with E-state index < -0.39 is 17.9 Å². The van der Waals surface area contributed by atoms with Crippen molar-refractivity contribution >= 4 is 41.3 Å². The van der Waals surface area contributed by atoms with Crippen LogP contribution in [0, 0.1) is 0 Å². The van der Waals surface area contributed by atoms with Crippen molar-refractivity contribution < 1.29 is 24.6 Å². The molecule has 1 aromatic rings. The lowest BCUT2D eigenvalue weighted by atomic mass is 10.0. The Balaban J connectivity index is 1.66. The number of hydrogen-bond acceptors (Lipinski definition) is 6. The molecule has 3 N–H and O–H groups in total. The second kappa shape index (κ2) is 7.85. The average Bonchev–Trinajstić information content (AvgIpc) is 2.62. The van der Waals surface area contributed by atoms with Crippen LogP contribution in [0.3, 0.4) is 0 Å². The Bertz CT molecular complexity index is 839. The molecular weight excluding hydrogens is 388 g/mol. The van der Waals surface area contributed by atoms with Gasteiger partial charge in [-0.3, -0.25) is 14.5 Å². The molecule has 2 amide bonds. The molecule has 0 saturated carbocycles. The molecule has 2 aliphatic rings. The highest BCUT2D eigenvalue weighted by Gasteiger charge is 2.53. The number of nitrogens with zero attached hydrogens (tertiary/aromatic N) is 1. The number of phenols is 1. The molecule has 144 valence electrons. The fourth-order valence-electron chi connectivity index (χ4n) is 3.21. The van der Waals surface area contributed by atoms with Crippen molar-refractivity contribution in [3.63, 3.8) is 0 Å². The van der Waals surface area contributed by atoms with Gasteiger partial charge >= 0.3 is 5.97 Å². The number of benzene rings is 1. The SMILES string of the molecule is CSCc1cc(CC(=O)NC2C(=O)N3C(C(=O)O)=C(C)CSC23)ccc1O. The van der Waals surface area contributed by atoms with E-state index in [9.17, 15) is 24.6 Å². The predicted octanol–water partition coefficient (Wildman–Crippen LogP) is 1.56. The number of carbonyl (C=O) groups is 3. The lowest BCUT2D eigenvalue weighted by Crippen LogP contribution is -2.70. The van der Waals surface area contributed by atoms with Gasteiger partial charge in [0.25, 0.3) is 5.91 Å². The maximum absolute atomic E-state index is 12.4. The number of amides is 2. The summed E-state index contributed by atoms with van der Waals surface area (Å²) in [7, 11) is 0. The van der Waals surface area contributed by atoms with Gasteiger partial charge in [0.1, 0.15) is 22.9 Å². The highest BCUT2D eigenvalue weighted by molar-refractivity contribution is 8.00. The summed E-state index contributed by atoms with van der Waals surface area (Å²) in [4.78, 5) is 37.4. The average molecular weight is 409 g/mol. The number of rotatable bonds is 6. The van der Waals surface area contributed by atoms with Crippen LogP contribution < -0.4 is 5.32 Å². The van der Waals surface area contributed by atoms with Crippen LogP contribution in [0.4, 0.5) is 0 Å². The first-order valence-electron chi connectivity index (χ1n) is 8.30. The predicted molar refractivity (Wildman–Crippen MR) is 104 cm³/mol. The van der Waals surface area contributed by atoms with Gasteiger partial charge in [-0.25, -0.2) is 4.79 Å². The number of carboxylic acid groups (broad SMARTS) is 1. The number of nitrogens with one attached hydrogen (secondary N) is 1. The molecule has 1 aromatic carbocycles. The van der Waals surface area contributed by atoms with Gasteiger partial charge in [0.2, 0.25) is 5.91 Å². The smallest absolute Gasteiger partial charge is 0.352 e. The molecule has 2 heterocycles. The first-order chi connectivity index (χ1) is 12.8. The minimum atomic E-state index is -1.12. The third kappa shape index (κ3) is 3.79. The van der Waals surface area contributed by atoms with Gasteiger partial charge in [0.15, 0.2) is 0 Å². The number of aromatic hydroxyl groups is 1. The van der Waals surface area contributed by atoms with E-state index >= 15 is 0 Å². The first kappa shape index (κ1) is 19.6. The summed E-state index contributed by atoms with van der Waals surface area (Å²) >= 11 is 3.02. The first-order valence-corrected chi connectivity index (χ1v) is 10.7. The highest BCUT2D eigenvalue weighted by Crippen LogP contribution is 2.40. The van der Waals surface area contributed by atoms with Crippen LogP contribution in [-0.4, -0.2) is 56.3 Å². The van der Waals surface area contributed by atoms with Crippen molar-refractivity contribution in [3.8, 4) is 5.75 Å². The van der Waals surface area contributed by atoms with E-state index in [1.807, 2.05) is 6.26 Å². The maximum atomic E-state index is 12.4. The van der Waals surface area contributed by atoms with E-state index in [1.54, 1.807) is 36.9 Å². The van der Waals surface area contributed by atoms with Gasteiger partial charge in [-0.2, -0.15) is 11.8 Å². The molecule has 0 aromatic heterocycles. The number of β-lactam (4-membered cyclic amide) rings is 1. The van der Waals surface area contributed by atoms with Crippen LogP contribution in [0.25, 0.3) is 0 Å². The molecule has 0 aliphatic carbocycles. The summed E-state index contributed by atoms with van der Waals surface area (Å²) < 4.78 is 0. The molecule has 1 fully saturated rings.